The van der Waals surface area contributed by atoms with Crippen LogP contribution in [0.1, 0.15) is 33.1 Å². The lowest BCUT2D eigenvalue weighted by Gasteiger charge is -2.33. The second-order valence-electron chi connectivity index (χ2n) is 7.20. The van der Waals surface area contributed by atoms with Crippen molar-refractivity contribution in [1.29, 1.82) is 0 Å². The fraction of sp³-hybridized carbons (Fsp3) is 0.824. The highest BCUT2D eigenvalue weighted by Crippen LogP contribution is 2.29. The monoisotopic (exact) mass is 467 g/mol. The molecule has 1 saturated carbocycles. The van der Waals surface area contributed by atoms with Crippen molar-refractivity contribution >= 4 is 41.8 Å². The summed E-state index contributed by atoms with van der Waals surface area (Å²) >= 11 is 0. The Hall–Kier alpha value is -1.06. The van der Waals surface area contributed by atoms with E-state index >= 15 is 0 Å². The van der Waals surface area contributed by atoms with Crippen molar-refractivity contribution in [2.45, 2.75) is 39.2 Å². The van der Waals surface area contributed by atoms with E-state index < -0.39 is 0 Å². The van der Waals surface area contributed by atoms with Gasteiger partial charge in [0.1, 0.15) is 6.54 Å². The second-order valence-corrected chi connectivity index (χ2v) is 7.20. The van der Waals surface area contributed by atoms with Crippen molar-refractivity contribution in [3.8, 4) is 0 Å². The quantitative estimate of drug-likeness (QED) is 0.361. The van der Waals surface area contributed by atoms with Crippen LogP contribution in [-0.2, 0) is 9.59 Å². The van der Waals surface area contributed by atoms with E-state index in [1.165, 1.54) is 16.2 Å². The number of rotatable bonds is 5. The topological polar surface area (TPSA) is 77.0 Å². The maximum absolute atomic E-state index is 11.8. The summed E-state index contributed by atoms with van der Waals surface area (Å²) in [6.45, 7) is 4.79. The highest BCUT2D eigenvalue weighted by molar-refractivity contribution is 14.0. The molecule has 0 saturated heterocycles. The Morgan fingerprint density at radius 3 is 2.12 bits per heavy atom. The first-order valence-electron chi connectivity index (χ1n) is 8.65. The highest BCUT2D eigenvalue weighted by atomic mass is 127. The average molecular weight is 467 g/mol. The molecule has 0 radical (unpaired) electrons. The molecule has 1 aliphatic rings. The summed E-state index contributed by atoms with van der Waals surface area (Å²) in [6, 6.07) is 0.325. The molecule has 8 heteroatoms. The third-order valence-corrected chi connectivity index (χ3v) is 4.72. The van der Waals surface area contributed by atoms with Crippen molar-refractivity contribution in [2.75, 3.05) is 41.3 Å². The van der Waals surface area contributed by atoms with Crippen LogP contribution >= 0.6 is 24.0 Å². The van der Waals surface area contributed by atoms with Gasteiger partial charge in [-0.05, 0) is 31.1 Å². The number of hydrogen-bond donors (Lipinski definition) is 2. The maximum Gasteiger partial charge on any atom is 0.243 e. The van der Waals surface area contributed by atoms with Crippen molar-refractivity contribution < 1.29 is 9.59 Å². The smallest absolute Gasteiger partial charge is 0.243 e. The molecule has 2 amide bonds. The summed E-state index contributed by atoms with van der Waals surface area (Å²) in [5.74, 6) is 1.83. The van der Waals surface area contributed by atoms with Crippen LogP contribution in [0, 0.1) is 11.8 Å². The lowest BCUT2D eigenvalue weighted by molar-refractivity contribution is -0.127. The number of nitrogens with zero attached hydrogens (tertiary/aromatic N) is 3. The summed E-state index contributed by atoms with van der Waals surface area (Å²) in [5, 5.41) is 6.44. The Morgan fingerprint density at radius 1 is 1.00 bits per heavy atom. The summed E-state index contributed by atoms with van der Waals surface area (Å²) in [5.41, 5.74) is 0. The van der Waals surface area contributed by atoms with Gasteiger partial charge in [-0.15, -0.1) is 24.0 Å². The van der Waals surface area contributed by atoms with E-state index in [9.17, 15) is 9.59 Å². The van der Waals surface area contributed by atoms with Gasteiger partial charge >= 0.3 is 0 Å². The molecule has 3 unspecified atom stereocenters. The molecular weight excluding hydrogens is 433 g/mol. The first-order valence-corrected chi connectivity index (χ1v) is 8.65. The largest absolute Gasteiger partial charge is 0.354 e. The predicted octanol–water partition coefficient (Wildman–Crippen LogP) is 1.14. The fourth-order valence-corrected chi connectivity index (χ4v) is 2.63. The van der Waals surface area contributed by atoms with E-state index in [-0.39, 0.29) is 48.9 Å². The molecule has 25 heavy (non-hydrogen) atoms. The molecule has 0 aromatic carbocycles. The maximum atomic E-state index is 11.8. The summed E-state index contributed by atoms with van der Waals surface area (Å²) in [6.07, 6.45) is 3.33. The zero-order chi connectivity index (χ0) is 18.3. The van der Waals surface area contributed by atoms with Crippen LogP contribution in [0.3, 0.4) is 0 Å². The SMILES string of the molecule is CC1CCC(NC(=NCC(=O)N(C)C)NCC(=O)N(C)C)CC1C.I. The summed E-state index contributed by atoms with van der Waals surface area (Å²) < 4.78 is 0. The number of carbonyl (C=O) groups is 2. The Balaban J connectivity index is 0.00000576. The number of likely N-dealkylation sites (N-methyl/N-ethyl adjacent to an activating group) is 2. The molecular formula is C17H34IN5O2. The zero-order valence-corrected chi connectivity index (χ0v) is 18.7. The molecule has 0 heterocycles. The van der Waals surface area contributed by atoms with E-state index in [1.807, 2.05) is 0 Å². The molecule has 146 valence electrons. The molecule has 0 spiro atoms. The molecule has 1 rings (SSSR count). The second kappa shape index (κ2) is 11.5. The van der Waals surface area contributed by atoms with E-state index in [2.05, 4.69) is 29.5 Å². The molecule has 0 aliphatic heterocycles. The molecule has 7 nitrogen and oxygen atoms in total. The van der Waals surface area contributed by atoms with E-state index in [0.29, 0.717) is 17.9 Å². The standard InChI is InChI=1S/C17H33N5O2.HI/c1-12-7-8-14(9-13(12)2)20-17(18-10-15(23)21(3)4)19-11-16(24)22(5)6;/h12-14H,7-11H2,1-6H3,(H2,18,19,20);1H. The molecule has 2 N–H and O–H groups in total. The number of halogens is 1. The normalized spacial score (nSPS) is 23.3. The summed E-state index contributed by atoms with van der Waals surface area (Å²) in [4.78, 5) is 30.9. The van der Waals surface area contributed by atoms with Crippen LogP contribution in [-0.4, -0.2) is 74.9 Å². The lowest BCUT2D eigenvalue weighted by atomic mass is 9.79. The van der Waals surface area contributed by atoms with E-state index in [1.54, 1.807) is 28.2 Å². The first-order chi connectivity index (χ1) is 11.2. The molecule has 1 fully saturated rings. The number of carbonyl (C=O) groups excluding carboxylic acids is 2. The van der Waals surface area contributed by atoms with Crippen molar-refractivity contribution in [1.82, 2.24) is 20.4 Å². The number of nitrogens with one attached hydrogen (secondary N) is 2. The van der Waals surface area contributed by atoms with Crippen LogP contribution in [0.5, 0.6) is 0 Å². The number of hydrogen-bond acceptors (Lipinski definition) is 3. The van der Waals surface area contributed by atoms with Gasteiger partial charge in [-0.2, -0.15) is 0 Å². The minimum atomic E-state index is -0.0688. The lowest BCUT2D eigenvalue weighted by Crippen LogP contribution is -2.48. The van der Waals surface area contributed by atoms with Gasteiger partial charge in [0, 0.05) is 34.2 Å². The Labute approximate surface area is 169 Å². The van der Waals surface area contributed by atoms with Gasteiger partial charge in [-0.25, -0.2) is 4.99 Å². The first kappa shape index (κ1) is 23.9. The third kappa shape index (κ3) is 8.73. The van der Waals surface area contributed by atoms with Crippen molar-refractivity contribution in [2.24, 2.45) is 16.8 Å². The van der Waals surface area contributed by atoms with Crippen LogP contribution in [0.2, 0.25) is 0 Å². The molecule has 0 aromatic rings. The van der Waals surface area contributed by atoms with Crippen molar-refractivity contribution in [3.63, 3.8) is 0 Å². The van der Waals surface area contributed by atoms with Gasteiger partial charge in [0.2, 0.25) is 11.8 Å². The molecule has 3 atom stereocenters. The molecule has 0 aromatic heterocycles. The number of guanidine groups is 1. The van der Waals surface area contributed by atoms with Crippen LogP contribution < -0.4 is 10.6 Å². The number of aliphatic imine (C=N–C) groups is 1. The molecule has 1 aliphatic carbocycles. The molecule has 0 bridgehead atoms. The predicted molar refractivity (Wildman–Crippen MR) is 112 cm³/mol. The van der Waals surface area contributed by atoms with Gasteiger partial charge in [0.05, 0.1) is 6.54 Å². The average Bonchev–Trinajstić information content (AvgIpc) is 2.52. The zero-order valence-electron chi connectivity index (χ0n) is 16.3. The van der Waals surface area contributed by atoms with Crippen molar-refractivity contribution in [3.05, 3.63) is 0 Å². The Morgan fingerprint density at radius 2 is 1.60 bits per heavy atom. The van der Waals surface area contributed by atoms with Crippen LogP contribution in [0.4, 0.5) is 0 Å². The highest BCUT2D eigenvalue weighted by Gasteiger charge is 2.25. The number of amides is 2. The van der Waals surface area contributed by atoms with Crippen LogP contribution in [0.25, 0.3) is 0 Å². The van der Waals surface area contributed by atoms with Gasteiger partial charge in [-0.1, -0.05) is 13.8 Å². The summed E-state index contributed by atoms with van der Waals surface area (Å²) in [7, 11) is 6.85. The van der Waals surface area contributed by atoms with Gasteiger partial charge in [0.15, 0.2) is 5.96 Å². The Bertz CT molecular complexity index is 468. The van der Waals surface area contributed by atoms with Gasteiger partial charge in [0.25, 0.3) is 0 Å². The third-order valence-electron chi connectivity index (χ3n) is 4.72. The van der Waals surface area contributed by atoms with Crippen LogP contribution in [0.15, 0.2) is 4.99 Å². The minimum Gasteiger partial charge on any atom is -0.354 e. The minimum absolute atomic E-state index is 0. The Kier molecular flexibility index (Phi) is 11.0. The van der Waals surface area contributed by atoms with Gasteiger partial charge in [-0.3, -0.25) is 9.59 Å². The van der Waals surface area contributed by atoms with E-state index in [4.69, 9.17) is 0 Å². The fourth-order valence-electron chi connectivity index (χ4n) is 2.63. The van der Waals surface area contributed by atoms with E-state index in [0.717, 1.165) is 18.8 Å². The van der Waals surface area contributed by atoms with Gasteiger partial charge < -0.3 is 20.4 Å².